The Morgan fingerprint density at radius 3 is 2.72 bits per heavy atom. The summed E-state index contributed by atoms with van der Waals surface area (Å²) in [5, 5.41) is 3.37. The highest BCUT2D eigenvalue weighted by Gasteiger charge is 2.19. The Morgan fingerprint density at radius 1 is 1.39 bits per heavy atom. The lowest BCUT2D eigenvalue weighted by molar-refractivity contribution is 0.0276. The van der Waals surface area contributed by atoms with E-state index in [0.717, 1.165) is 25.4 Å². The number of hydrogen-bond acceptors (Lipinski definition) is 3. The normalized spacial score (nSPS) is 20.2. The van der Waals surface area contributed by atoms with E-state index >= 15 is 0 Å². The molecule has 1 atom stereocenters. The molecule has 0 amide bonds. The number of morpholine rings is 1. The summed E-state index contributed by atoms with van der Waals surface area (Å²) >= 11 is 0. The van der Waals surface area contributed by atoms with Gasteiger partial charge in [0.2, 0.25) is 0 Å². The number of ether oxygens (including phenoxy) is 2. The Kier molecular flexibility index (Phi) is 4.25. The fraction of sp³-hybridized carbons (Fsp3) is 0.600. The van der Waals surface area contributed by atoms with Crippen LogP contribution in [0.5, 0.6) is 5.75 Å². The summed E-state index contributed by atoms with van der Waals surface area (Å²) in [6.07, 6.45) is 0.167. The Labute approximate surface area is 109 Å². The molecule has 0 saturated carbocycles. The van der Waals surface area contributed by atoms with Gasteiger partial charge in [0.1, 0.15) is 5.75 Å². The molecule has 0 aliphatic carbocycles. The minimum atomic E-state index is 0.167. The molecule has 0 radical (unpaired) electrons. The van der Waals surface area contributed by atoms with Crippen LogP contribution < -0.4 is 10.1 Å². The predicted molar refractivity (Wildman–Crippen MR) is 73.4 cm³/mol. The van der Waals surface area contributed by atoms with Crippen molar-refractivity contribution in [3.8, 4) is 5.75 Å². The molecule has 1 aromatic rings. The molecule has 18 heavy (non-hydrogen) atoms. The first kappa shape index (κ1) is 13.4. The Balaban J connectivity index is 2.37. The SMILES string of the molecule is COc1c(C)cc(C2CNCCO2)cc1C(C)C. The van der Waals surface area contributed by atoms with E-state index in [1.807, 2.05) is 0 Å². The highest BCUT2D eigenvalue weighted by Crippen LogP contribution is 2.33. The van der Waals surface area contributed by atoms with E-state index in [1.165, 1.54) is 16.7 Å². The molecule has 3 heteroatoms. The van der Waals surface area contributed by atoms with E-state index in [4.69, 9.17) is 9.47 Å². The highest BCUT2D eigenvalue weighted by atomic mass is 16.5. The van der Waals surface area contributed by atoms with Crippen LogP contribution in [-0.2, 0) is 4.74 Å². The molecule has 0 spiro atoms. The first-order valence-corrected chi connectivity index (χ1v) is 6.64. The fourth-order valence-corrected chi connectivity index (χ4v) is 2.50. The quantitative estimate of drug-likeness (QED) is 0.893. The average Bonchev–Trinajstić information content (AvgIpc) is 2.38. The Bertz CT molecular complexity index is 409. The maximum absolute atomic E-state index is 5.82. The third-order valence-electron chi connectivity index (χ3n) is 3.45. The van der Waals surface area contributed by atoms with Crippen molar-refractivity contribution in [2.45, 2.75) is 32.8 Å². The van der Waals surface area contributed by atoms with Crippen molar-refractivity contribution in [2.24, 2.45) is 0 Å². The van der Waals surface area contributed by atoms with Crippen molar-refractivity contribution in [1.29, 1.82) is 0 Å². The number of methoxy groups -OCH3 is 1. The van der Waals surface area contributed by atoms with Gasteiger partial charge in [0, 0.05) is 13.1 Å². The largest absolute Gasteiger partial charge is 0.496 e. The summed E-state index contributed by atoms with van der Waals surface area (Å²) in [5.74, 6) is 1.47. The second kappa shape index (κ2) is 5.72. The van der Waals surface area contributed by atoms with Crippen molar-refractivity contribution in [1.82, 2.24) is 5.32 Å². The van der Waals surface area contributed by atoms with Gasteiger partial charge >= 0.3 is 0 Å². The van der Waals surface area contributed by atoms with Gasteiger partial charge in [-0.2, -0.15) is 0 Å². The van der Waals surface area contributed by atoms with Crippen LogP contribution in [0, 0.1) is 6.92 Å². The number of nitrogens with one attached hydrogen (secondary N) is 1. The molecule has 3 nitrogen and oxygen atoms in total. The molecule has 1 saturated heterocycles. The molecular formula is C15H23NO2. The Morgan fingerprint density at radius 2 is 2.17 bits per heavy atom. The number of aryl methyl sites for hydroxylation is 1. The number of rotatable bonds is 3. The maximum atomic E-state index is 5.82. The molecule has 1 fully saturated rings. The molecule has 0 bridgehead atoms. The third-order valence-corrected chi connectivity index (χ3v) is 3.45. The standard InChI is InChI=1S/C15H23NO2/c1-10(2)13-8-12(7-11(3)15(13)17-4)14-9-16-5-6-18-14/h7-8,10,14,16H,5-6,9H2,1-4H3. The third kappa shape index (κ3) is 2.68. The lowest BCUT2D eigenvalue weighted by Crippen LogP contribution is -2.33. The first-order valence-electron chi connectivity index (χ1n) is 6.64. The molecule has 1 aromatic carbocycles. The fourth-order valence-electron chi connectivity index (χ4n) is 2.50. The van der Waals surface area contributed by atoms with Crippen LogP contribution in [0.4, 0.5) is 0 Å². The molecule has 1 aliphatic heterocycles. The van der Waals surface area contributed by atoms with Gasteiger partial charge in [0.25, 0.3) is 0 Å². The van der Waals surface area contributed by atoms with Gasteiger partial charge in [-0.05, 0) is 41.7 Å². The van der Waals surface area contributed by atoms with Gasteiger partial charge in [-0.25, -0.2) is 0 Å². The van der Waals surface area contributed by atoms with Gasteiger partial charge in [0.15, 0.2) is 0 Å². The zero-order valence-electron chi connectivity index (χ0n) is 11.7. The molecule has 2 rings (SSSR count). The summed E-state index contributed by atoms with van der Waals surface area (Å²) in [7, 11) is 1.74. The van der Waals surface area contributed by atoms with Crippen LogP contribution in [0.15, 0.2) is 12.1 Å². The van der Waals surface area contributed by atoms with E-state index in [2.05, 4.69) is 38.2 Å². The second-order valence-corrected chi connectivity index (χ2v) is 5.18. The zero-order valence-corrected chi connectivity index (χ0v) is 11.7. The minimum Gasteiger partial charge on any atom is -0.496 e. The number of hydrogen-bond donors (Lipinski definition) is 1. The molecule has 1 N–H and O–H groups in total. The van der Waals surface area contributed by atoms with E-state index < -0.39 is 0 Å². The minimum absolute atomic E-state index is 0.167. The Hall–Kier alpha value is -1.06. The average molecular weight is 249 g/mol. The first-order chi connectivity index (χ1) is 8.63. The molecule has 1 aliphatic rings. The van der Waals surface area contributed by atoms with Gasteiger partial charge in [-0.15, -0.1) is 0 Å². The lowest BCUT2D eigenvalue weighted by Gasteiger charge is -2.26. The summed E-state index contributed by atoms with van der Waals surface area (Å²) < 4.78 is 11.3. The van der Waals surface area contributed by atoms with Crippen LogP contribution in [0.3, 0.4) is 0 Å². The molecule has 0 aromatic heterocycles. The van der Waals surface area contributed by atoms with Crippen molar-refractivity contribution >= 4 is 0 Å². The highest BCUT2D eigenvalue weighted by molar-refractivity contribution is 5.46. The van der Waals surface area contributed by atoms with Crippen molar-refractivity contribution in [3.05, 3.63) is 28.8 Å². The maximum Gasteiger partial charge on any atom is 0.125 e. The molecular weight excluding hydrogens is 226 g/mol. The summed E-state index contributed by atoms with van der Waals surface area (Å²) in [6.45, 7) is 9.12. The van der Waals surface area contributed by atoms with Crippen LogP contribution >= 0.6 is 0 Å². The van der Waals surface area contributed by atoms with Gasteiger partial charge in [0.05, 0.1) is 19.8 Å². The van der Waals surface area contributed by atoms with Crippen LogP contribution in [0.1, 0.15) is 42.6 Å². The van der Waals surface area contributed by atoms with Crippen molar-refractivity contribution < 1.29 is 9.47 Å². The number of benzene rings is 1. The van der Waals surface area contributed by atoms with Crippen LogP contribution in [0.25, 0.3) is 0 Å². The topological polar surface area (TPSA) is 30.5 Å². The van der Waals surface area contributed by atoms with E-state index in [-0.39, 0.29) is 6.10 Å². The van der Waals surface area contributed by atoms with E-state index in [0.29, 0.717) is 5.92 Å². The molecule has 1 unspecified atom stereocenters. The monoisotopic (exact) mass is 249 g/mol. The summed E-state index contributed by atoms with van der Waals surface area (Å²) in [6, 6.07) is 4.41. The van der Waals surface area contributed by atoms with Gasteiger partial charge in [-0.3, -0.25) is 0 Å². The van der Waals surface area contributed by atoms with Crippen molar-refractivity contribution in [2.75, 3.05) is 26.8 Å². The predicted octanol–water partition coefficient (Wildman–Crippen LogP) is 2.79. The zero-order chi connectivity index (χ0) is 13.1. The van der Waals surface area contributed by atoms with Crippen LogP contribution in [0.2, 0.25) is 0 Å². The summed E-state index contributed by atoms with van der Waals surface area (Å²) in [4.78, 5) is 0. The molecule has 100 valence electrons. The summed E-state index contributed by atoms with van der Waals surface area (Å²) in [5.41, 5.74) is 3.71. The van der Waals surface area contributed by atoms with E-state index in [1.54, 1.807) is 7.11 Å². The van der Waals surface area contributed by atoms with Gasteiger partial charge in [-0.1, -0.05) is 13.8 Å². The van der Waals surface area contributed by atoms with E-state index in [9.17, 15) is 0 Å². The van der Waals surface area contributed by atoms with Gasteiger partial charge < -0.3 is 14.8 Å². The van der Waals surface area contributed by atoms with Crippen LogP contribution in [-0.4, -0.2) is 26.8 Å². The smallest absolute Gasteiger partial charge is 0.125 e. The second-order valence-electron chi connectivity index (χ2n) is 5.18. The lowest BCUT2D eigenvalue weighted by atomic mass is 9.94. The molecule has 1 heterocycles. The van der Waals surface area contributed by atoms with Crippen molar-refractivity contribution in [3.63, 3.8) is 0 Å².